The van der Waals surface area contributed by atoms with Crippen LogP contribution >= 0.6 is 0 Å². The van der Waals surface area contributed by atoms with E-state index in [0.29, 0.717) is 6.54 Å². The van der Waals surface area contributed by atoms with Crippen LogP contribution in [0, 0.1) is 6.92 Å². The Kier molecular flexibility index (Phi) is 7.88. The molecule has 5 heteroatoms. The molecule has 0 unspecified atom stereocenters. The molecular weight excluding hydrogens is 390 g/mol. The number of carbonyl (C=O) groups excluding carboxylic acids is 1. The largest absolute Gasteiger partial charge is 0.497 e. The molecule has 0 aliphatic heterocycles. The van der Waals surface area contributed by atoms with Gasteiger partial charge < -0.3 is 15.2 Å². The number of hydrogen-bond donors (Lipinski definition) is 2. The molecule has 0 bridgehead atoms. The number of hydrogen-bond acceptors (Lipinski definition) is 3. The van der Waals surface area contributed by atoms with E-state index in [9.17, 15) is 9.59 Å². The average molecular weight is 422 g/mol. The fourth-order valence-electron chi connectivity index (χ4n) is 4.14. The van der Waals surface area contributed by atoms with Crippen LogP contribution in [0.2, 0.25) is 0 Å². The SMILES string of the molecule is COc1cc(C)cc(C/C2=C(\C(=O)NCc3ccc(C(=O)O)cc3)CCCCCC2)c1. The van der Waals surface area contributed by atoms with Crippen LogP contribution < -0.4 is 10.1 Å². The van der Waals surface area contributed by atoms with E-state index in [-0.39, 0.29) is 11.5 Å². The van der Waals surface area contributed by atoms with Gasteiger partial charge in [0.05, 0.1) is 12.7 Å². The number of carbonyl (C=O) groups is 2. The van der Waals surface area contributed by atoms with E-state index in [2.05, 4.69) is 24.4 Å². The van der Waals surface area contributed by atoms with Crippen LogP contribution in [0.25, 0.3) is 0 Å². The number of carboxylic acid groups (broad SMARTS) is 1. The Morgan fingerprint density at radius 2 is 1.68 bits per heavy atom. The van der Waals surface area contributed by atoms with Gasteiger partial charge in [-0.2, -0.15) is 0 Å². The third-order valence-corrected chi connectivity index (χ3v) is 5.77. The van der Waals surface area contributed by atoms with Crippen molar-refractivity contribution in [3.63, 3.8) is 0 Å². The van der Waals surface area contributed by atoms with Crippen molar-refractivity contribution in [1.82, 2.24) is 5.32 Å². The summed E-state index contributed by atoms with van der Waals surface area (Å²) in [6.45, 7) is 2.44. The molecule has 0 radical (unpaired) electrons. The minimum atomic E-state index is -0.951. The van der Waals surface area contributed by atoms with E-state index in [1.54, 1.807) is 31.4 Å². The van der Waals surface area contributed by atoms with Crippen molar-refractivity contribution in [2.45, 2.75) is 58.4 Å². The molecule has 5 nitrogen and oxygen atoms in total. The molecule has 2 N–H and O–H groups in total. The molecule has 2 aromatic rings. The number of amides is 1. The Bertz CT molecular complexity index is 960. The van der Waals surface area contributed by atoms with Crippen molar-refractivity contribution in [3.8, 4) is 5.75 Å². The Balaban J connectivity index is 1.78. The van der Waals surface area contributed by atoms with Gasteiger partial charge in [-0.1, -0.05) is 36.6 Å². The lowest BCUT2D eigenvalue weighted by molar-refractivity contribution is -0.117. The summed E-state index contributed by atoms with van der Waals surface area (Å²) in [5.74, 6) is -0.122. The summed E-state index contributed by atoms with van der Waals surface area (Å²) in [4.78, 5) is 24.1. The number of allylic oxidation sites excluding steroid dienone is 1. The zero-order valence-corrected chi connectivity index (χ0v) is 18.4. The predicted octanol–water partition coefficient (Wildman–Crippen LogP) is 5.21. The fourth-order valence-corrected chi connectivity index (χ4v) is 4.14. The molecule has 0 saturated carbocycles. The highest BCUT2D eigenvalue weighted by molar-refractivity contribution is 5.94. The second-order valence-electron chi connectivity index (χ2n) is 8.22. The zero-order valence-electron chi connectivity index (χ0n) is 18.4. The Morgan fingerprint density at radius 3 is 2.35 bits per heavy atom. The summed E-state index contributed by atoms with van der Waals surface area (Å²) in [6.07, 6.45) is 6.97. The van der Waals surface area contributed by atoms with Gasteiger partial charge in [-0.15, -0.1) is 0 Å². The summed E-state index contributed by atoms with van der Waals surface area (Å²) in [7, 11) is 1.68. The van der Waals surface area contributed by atoms with Crippen LogP contribution in [-0.2, 0) is 17.8 Å². The summed E-state index contributed by atoms with van der Waals surface area (Å²) < 4.78 is 5.42. The monoisotopic (exact) mass is 421 g/mol. The summed E-state index contributed by atoms with van der Waals surface area (Å²) in [5, 5.41) is 12.1. The van der Waals surface area contributed by atoms with Crippen molar-refractivity contribution in [2.75, 3.05) is 7.11 Å². The van der Waals surface area contributed by atoms with E-state index < -0.39 is 5.97 Å². The highest BCUT2D eigenvalue weighted by Gasteiger charge is 2.18. The van der Waals surface area contributed by atoms with Gasteiger partial charge in [0, 0.05) is 12.1 Å². The predicted molar refractivity (Wildman–Crippen MR) is 121 cm³/mol. The first kappa shape index (κ1) is 22.6. The number of aromatic carboxylic acids is 1. The molecule has 0 saturated heterocycles. The van der Waals surface area contributed by atoms with E-state index in [0.717, 1.165) is 61.0 Å². The quantitative estimate of drug-likeness (QED) is 0.643. The molecule has 0 aromatic heterocycles. The number of ether oxygens (including phenoxy) is 1. The highest BCUT2D eigenvalue weighted by Crippen LogP contribution is 2.28. The second-order valence-corrected chi connectivity index (χ2v) is 8.22. The van der Waals surface area contributed by atoms with Crippen LogP contribution in [-0.4, -0.2) is 24.1 Å². The molecule has 0 heterocycles. The number of aryl methyl sites for hydroxylation is 1. The van der Waals surface area contributed by atoms with Crippen molar-refractivity contribution in [3.05, 3.63) is 75.9 Å². The molecule has 1 amide bonds. The fraction of sp³-hybridized carbons (Fsp3) is 0.385. The van der Waals surface area contributed by atoms with Gasteiger partial charge in [-0.25, -0.2) is 4.79 Å². The first-order chi connectivity index (χ1) is 15.0. The lowest BCUT2D eigenvalue weighted by atomic mass is 9.88. The van der Waals surface area contributed by atoms with Crippen molar-refractivity contribution in [2.24, 2.45) is 0 Å². The topological polar surface area (TPSA) is 75.6 Å². The van der Waals surface area contributed by atoms with Crippen LogP contribution in [0.4, 0.5) is 0 Å². The number of nitrogens with one attached hydrogen (secondary N) is 1. The van der Waals surface area contributed by atoms with Gasteiger partial charge in [0.15, 0.2) is 0 Å². The molecular formula is C26H31NO4. The smallest absolute Gasteiger partial charge is 0.335 e. The van der Waals surface area contributed by atoms with Gasteiger partial charge in [0.25, 0.3) is 0 Å². The number of rotatable bonds is 7. The Labute approximate surface area is 184 Å². The normalized spacial score (nSPS) is 16.8. The van der Waals surface area contributed by atoms with E-state index in [1.807, 2.05) is 6.07 Å². The van der Waals surface area contributed by atoms with Gasteiger partial charge in [-0.05, 0) is 80.0 Å². The minimum Gasteiger partial charge on any atom is -0.497 e. The van der Waals surface area contributed by atoms with Crippen molar-refractivity contribution >= 4 is 11.9 Å². The average Bonchev–Trinajstić information content (AvgIpc) is 2.74. The second kappa shape index (κ2) is 10.8. The van der Waals surface area contributed by atoms with Gasteiger partial charge in [0.2, 0.25) is 5.91 Å². The molecule has 164 valence electrons. The molecule has 2 aromatic carbocycles. The third-order valence-electron chi connectivity index (χ3n) is 5.77. The number of benzene rings is 2. The molecule has 1 aliphatic rings. The summed E-state index contributed by atoms with van der Waals surface area (Å²) in [5.41, 5.74) is 5.57. The van der Waals surface area contributed by atoms with Gasteiger partial charge in [0.1, 0.15) is 5.75 Å². The third kappa shape index (κ3) is 6.45. The van der Waals surface area contributed by atoms with Gasteiger partial charge in [-0.3, -0.25) is 4.79 Å². The molecule has 3 rings (SSSR count). The van der Waals surface area contributed by atoms with E-state index >= 15 is 0 Å². The first-order valence-corrected chi connectivity index (χ1v) is 10.9. The number of carboxylic acids is 1. The van der Waals surface area contributed by atoms with Crippen molar-refractivity contribution < 1.29 is 19.4 Å². The minimum absolute atomic E-state index is 0.0150. The molecule has 0 fully saturated rings. The summed E-state index contributed by atoms with van der Waals surface area (Å²) in [6, 6.07) is 12.8. The molecule has 31 heavy (non-hydrogen) atoms. The zero-order chi connectivity index (χ0) is 22.2. The highest BCUT2D eigenvalue weighted by atomic mass is 16.5. The van der Waals surface area contributed by atoms with Gasteiger partial charge >= 0.3 is 5.97 Å². The maximum atomic E-state index is 13.1. The van der Waals surface area contributed by atoms with E-state index in [4.69, 9.17) is 9.84 Å². The van der Waals surface area contributed by atoms with E-state index in [1.165, 1.54) is 17.6 Å². The number of methoxy groups -OCH3 is 1. The Morgan fingerprint density at radius 1 is 0.968 bits per heavy atom. The molecule has 0 spiro atoms. The standard InChI is InChI=1S/C26H31NO4/c1-18-13-20(16-23(14-18)31-2)15-22-7-5-3-4-6-8-24(22)25(28)27-17-19-9-11-21(12-10-19)26(29)30/h9-14,16H,3-8,15,17H2,1-2H3,(H,27,28)(H,29,30)/b24-22-. The van der Waals surface area contributed by atoms with Crippen LogP contribution in [0.15, 0.2) is 53.6 Å². The lowest BCUT2D eigenvalue weighted by Gasteiger charge is -2.19. The maximum Gasteiger partial charge on any atom is 0.335 e. The van der Waals surface area contributed by atoms with Crippen LogP contribution in [0.5, 0.6) is 5.75 Å². The first-order valence-electron chi connectivity index (χ1n) is 10.9. The molecule has 0 atom stereocenters. The Hall–Kier alpha value is -3.08. The maximum absolute atomic E-state index is 13.1. The molecule has 1 aliphatic carbocycles. The lowest BCUT2D eigenvalue weighted by Crippen LogP contribution is -2.26. The summed E-state index contributed by atoms with van der Waals surface area (Å²) >= 11 is 0. The van der Waals surface area contributed by atoms with Crippen molar-refractivity contribution in [1.29, 1.82) is 0 Å². The van der Waals surface area contributed by atoms with Crippen LogP contribution in [0.1, 0.15) is 65.6 Å². The van der Waals surface area contributed by atoms with Crippen LogP contribution in [0.3, 0.4) is 0 Å².